The molecule has 0 aromatic heterocycles. The van der Waals surface area contributed by atoms with Crippen LogP contribution in [0.4, 0.5) is 13.2 Å². The second kappa shape index (κ2) is 5.07. The molecule has 1 rings (SSSR count). The SMILES string of the molecule is NS(=O)(=O)Cc1ccc(CC(=O)C(F)(F)F)cc1. The van der Waals surface area contributed by atoms with Gasteiger partial charge in [-0.2, -0.15) is 13.2 Å². The van der Waals surface area contributed by atoms with E-state index >= 15 is 0 Å². The molecule has 0 heterocycles. The summed E-state index contributed by atoms with van der Waals surface area (Å²) < 4.78 is 57.5. The topological polar surface area (TPSA) is 77.2 Å². The molecule has 1 aromatic rings. The number of hydrogen-bond acceptors (Lipinski definition) is 3. The Morgan fingerprint density at radius 1 is 1.11 bits per heavy atom. The van der Waals surface area contributed by atoms with Gasteiger partial charge in [0.1, 0.15) is 0 Å². The Hall–Kier alpha value is -1.41. The molecule has 4 nitrogen and oxygen atoms in total. The number of Topliss-reactive ketones (excluding diaryl/α,β-unsaturated/α-hetero) is 1. The van der Waals surface area contributed by atoms with Gasteiger partial charge in [-0.05, 0) is 11.1 Å². The van der Waals surface area contributed by atoms with Crippen LogP contribution in [-0.2, 0) is 27.0 Å². The summed E-state index contributed by atoms with van der Waals surface area (Å²) >= 11 is 0. The van der Waals surface area contributed by atoms with E-state index in [1.807, 2.05) is 0 Å². The number of halogens is 3. The summed E-state index contributed by atoms with van der Waals surface area (Å²) in [5, 5.41) is 4.81. The van der Waals surface area contributed by atoms with E-state index in [1.54, 1.807) is 0 Å². The Morgan fingerprint density at radius 2 is 1.56 bits per heavy atom. The fourth-order valence-electron chi connectivity index (χ4n) is 1.27. The van der Waals surface area contributed by atoms with Crippen LogP contribution in [0.5, 0.6) is 0 Å². The predicted molar refractivity (Wildman–Crippen MR) is 58.0 cm³/mol. The highest BCUT2D eigenvalue weighted by molar-refractivity contribution is 7.88. The largest absolute Gasteiger partial charge is 0.450 e. The first kappa shape index (κ1) is 14.7. The highest BCUT2D eigenvalue weighted by Gasteiger charge is 2.37. The van der Waals surface area contributed by atoms with Gasteiger partial charge in [-0.1, -0.05) is 24.3 Å². The molecule has 0 unspecified atom stereocenters. The number of benzene rings is 1. The van der Waals surface area contributed by atoms with E-state index in [0.29, 0.717) is 5.56 Å². The van der Waals surface area contributed by atoms with Gasteiger partial charge < -0.3 is 0 Å². The number of nitrogens with two attached hydrogens (primary N) is 1. The van der Waals surface area contributed by atoms with Gasteiger partial charge in [-0.25, -0.2) is 13.6 Å². The van der Waals surface area contributed by atoms with Gasteiger partial charge in [-0.3, -0.25) is 4.79 Å². The molecule has 0 saturated carbocycles. The van der Waals surface area contributed by atoms with Gasteiger partial charge >= 0.3 is 6.18 Å². The molecule has 0 saturated heterocycles. The highest BCUT2D eigenvalue weighted by Crippen LogP contribution is 2.19. The van der Waals surface area contributed by atoms with Crippen molar-refractivity contribution in [3.8, 4) is 0 Å². The molecule has 0 bridgehead atoms. The number of alkyl halides is 3. The average Bonchev–Trinajstić information content (AvgIpc) is 2.17. The molecule has 2 N–H and O–H groups in total. The molecule has 0 aliphatic rings. The maximum atomic E-state index is 12.0. The van der Waals surface area contributed by atoms with Crippen LogP contribution >= 0.6 is 0 Å². The fraction of sp³-hybridized carbons (Fsp3) is 0.300. The van der Waals surface area contributed by atoms with Crippen molar-refractivity contribution < 1.29 is 26.4 Å². The summed E-state index contributed by atoms with van der Waals surface area (Å²) in [5.74, 6) is -2.25. The molecule has 0 aliphatic heterocycles. The van der Waals surface area contributed by atoms with E-state index in [1.165, 1.54) is 24.3 Å². The van der Waals surface area contributed by atoms with Crippen molar-refractivity contribution in [2.75, 3.05) is 0 Å². The second-order valence-electron chi connectivity index (χ2n) is 3.72. The fourth-order valence-corrected chi connectivity index (χ4v) is 1.93. The lowest BCUT2D eigenvalue weighted by Crippen LogP contribution is -2.24. The quantitative estimate of drug-likeness (QED) is 0.899. The van der Waals surface area contributed by atoms with E-state index in [4.69, 9.17) is 5.14 Å². The molecule has 18 heavy (non-hydrogen) atoms. The highest BCUT2D eigenvalue weighted by atomic mass is 32.2. The normalized spacial score (nSPS) is 12.4. The molecular weight excluding hydrogens is 271 g/mol. The van der Waals surface area contributed by atoms with Crippen molar-refractivity contribution in [3.63, 3.8) is 0 Å². The molecule has 0 radical (unpaired) electrons. The third-order valence-corrected chi connectivity index (χ3v) is 2.81. The van der Waals surface area contributed by atoms with Gasteiger partial charge in [-0.15, -0.1) is 0 Å². The molecule has 0 aliphatic carbocycles. The van der Waals surface area contributed by atoms with Crippen LogP contribution in [0.15, 0.2) is 24.3 Å². The van der Waals surface area contributed by atoms with Crippen LogP contribution in [-0.4, -0.2) is 20.4 Å². The lowest BCUT2D eigenvalue weighted by atomic mass is 10.1. The first-order chi connectivity index (χ1) is 8.08. The number of hydrogen-bond donors (Lipinski definition) is 1. The predicted octanol–water partition coefficient (Wildman–Crippen LogP) is 1.15. The zero-order valence-corrected chi connectivity index (χ0v) is 9.88. The number of carbonyl (C=O) groups excluding carboxylic acids is 1. The van der Waals surface area contributed by atoms with Gasteiger partial charge in [0.05, 0.1) is 5.75 Å². The Kier molecular flexibility index (Phi) is 4.12. The van der Waals surface area contributed by atoms with Crippen molar-refractivity contribution in [3.05, 3.63) is 35.4 Å². The van der Waals surface area contributed by atoms with E-state index < -0.39 is 34.2 Å². The first-order valence-electron chi connectivity index (χ1n) is 4.76. The number of rotatable bonds is 4. The molecule has 0 amide bonds. The zero-order valence-electron chi connectivity index (χ0n) is 9.07. The van der Waals surface area contributed by atoms with Gasteiger partial charge in [0.25, 0.3) is 0 Å². The maximum absolute atomic E-state index is 12.0. The summed E-state index contributed by atoms with van der Waals surface area (Å²) in [4.78, 5) is 10.7. The molecular formula is C10H10F3NO3S. The summed E-state index contributed by atoms with van der Waals surface area (Å²) in [6.45, 7) is 0. The molecule has 1 aromatic carbocycles. The summed E-state index contributed by atoms with van der Waals surface area (Å²) in [7, 11) is -3.68. The number of ketones is 1. The van der Waals surface area contributed by atoms with Crippen molar-refractivity contribution >= 4 is 15.8 Å². The Labute approximate surface area is 102 Å². The van der Waals surface area contributed by atoms with E-state index in [0.717, 1.165) is 0 Å². The molecule has 100 valence electrons. The van der Waals surface area contributed by atoms with Crippen LogP contribution in [0.3, 0.4) is 0 Å². The van der Waals surface area contributed by atoms with E-state index in [9.17, 15) is 26.4 Å². The number of primary sulfonamides is 1. The lowest BCUT2D eigenvalue weighted by molar-refractivity contribution is -0.170. The number of sulfonamides is 1. The third-order valence-electron chi connectivity index (χ3n) is 2.07. The summed E-state index contributed by atoms with van der Waals surface area (Å²) in [6, 6.07) is 5.18. The van der Waals surface area contributed by atoms with Gasteiger partial charge in [0.15, 0.2) is 0 Å². The minimum absolute atomic E-state index is 0.162. The van der Waals surface area contributed by atoms with Crippen LogP contribution < -0.4 is 5.14 Å². The van der Waals surface area contributed by atoms with Crippen LogP contribution in [0.25, 0.3) is 0 Å². The van der Waals surface area contributed by atoms with Crippen molar-refractivity contribution in [1.82, 2.24) is 0 Å². The second-order valence-corrected chi connectivity index (χ2v) is 5.34. The minimum atomic E-state index is -4.86. The van der Waals surface area contributed by atoms with Crippen molar-refractivity contribution in [1.29, 1.82) is 0 Å². The van der Waals surface area contributed by atoms with Crippen LogP contribution in [0.2, 0.25) is 0 Å². The van der Waals surface area contributed by atoms with Crippen molar-refractivity contribution in [2.45, 2.75) is 18.3 Å². The molecule has 0 atom stereocenters. The van der Waals surface area contributed by atoms with E-state index in [-0.39, 0.29) is 5.56 Å². The smallest absolute Gasteiger partial charge is 0.289 e. The van der Waals surface area contributed by atoms with Crippen LogP contribution in [0.1, 0.15) is 11.1 Å². The maximum Gasteiger partial charge on any atom is 0.450 e. The summed E-state index contributed by atoms with van der Waals surface area (Å²) in [6.07, 6.45) is -5.63. The zero-order chi connectivity index (χ0) is 14.0. The average molecular weight is 281 g/mol. The Bertz CT molecular complexity index is 534. The van der Waals surface area contributed by atoms with Gasteiger partial charge in [0, 0.05) is 6.42 Å². The minimum Gasteiger partial charge on any atom is -0.289 e. The number of carbonyl (C=O) groups is 1. The molecule has 0 spiro atoms. The Balaban J connectivity index is 2.75. The third kappa shape index (κ3) is 4.84. The van der Waals surface area contributed by atoms with E-state index in [2.05, 4.69) is 0 Å². The molecule has 8 heteroatoms. The monoisotopic (exact) mass is 281 g/mol. The van der Waals surface area contributed by atoms with Crippen LogP contribution in [0, 0.1) is 0 Å². The first-order valence-corrected chi connectivity index (χ1v) is 6.48. The Morgan fingerprint density at radius 3 is 1.94 bits per heavy atom. The lowest BCUT2D eigenvalue weighted by Gasteiger charge is -2.06. The summed E-state index contributed by atoms with van der Waals surface area (Å²) in [5.41, 5.74) is 0.510. The van der Waals surface area contributed by atoms with Gasteiger partial charge in [0.2, 0.25) is 15.8 Å². The van der Waals surface area contributed by atoms with Crippen molar-refractivity contribution in [2.24, 2.45) is 5.14 Å². The standard InChI is InChI=1S/C10H10F3NO3S/c11-10(12,13)9(15)5-7-1-3-8(4-2-7)6-18(14,16)17/h1-4H,5-6H2,(H2,14,16,17). The molecule has 0 fully saturated rings.